The van der Waals surface area contributed by atoms with E-state index in [9.17, 15) is 10.1 Å². The lowest BCUT2D eigenvalue weighted by atomic mass is 10.2. The molecule has 0 saturated heterocycles. The number of benzene rings is 2. The largest absolute Gasteiger partial charge is 0.493 e. The van der Waals surface area contributed by atoms with Gasteiger partial charge in [0.1, 0.15) is 5.75 Å². The second-order valence-corrected chi connectivity index (χ2v) is 4.50. The van der Waals surface area contributed by atoms with Crippen LogP contribution >= 0.6 is 15.9 Å². The number of hydrogen-bond donors (Lipinski definition) is 0. The van der Waals surface area contributed by atoms with Crippen LogP contribution in [0.3, 0.4) is 0 Å². The minimum absolute atomic E-state index is 0.0443. The molecule has 0 aliphatic carbocycles. The van der Waals surface area contributed by atoms with Gasteiger partial charge in [-0.15, -0.1) is 0 Å². The minimum atomic E-state index is -0.470. The molecule has 5 nitrogen and oxygen atoms in total. The molecule has 0 bridgehead atoms. The Kier molecular flexibility index (Phi) is 4.57. The Labute approximate surface area is 124 Å². The summed E-state index contributed by atoms with van der Waals surface area (Å²) in [6.45, 7) is 0. The Morgan fingerprint density at radius 2 is 1.90 bits per heavy atom. The van der Waals surface area contributed by atoms with Gasteiger partial charge in [-0.05, 0) is 12.1 Å². The molecule has 0 fully saturated rings. The standard InChI is InChI=1S/C14H12BrNO4/c1-19-13-7-6-11(16(17)18)8-14(13)20-12-5-3-2-4-10(12)9-15/h2-8H,9H2,1H3. The maximum absolute atomic E-state index is 10.8. The van der Waals surface area contributed by atoms with Crippen molar-refractivity contribution < 1.29 is 14.4 Å². The van der Waals surface area contributed by atoms with Crippen LogP contribution in [0.1, 0.15) is 5.56 Å². The molecule has 0 aliphatic rings. The summed E-state index contributed by atoms with van der Waals surface area (Å²) in [5.74, 6) is 1.39. The molecule has 2 rings (SSSR count). The maximum atomic E-state index is 10.8. The zero-order valence-electron chi connectivity index (χ0n) is 10.7. The molecular formula is C14H12BrNO4. The van der Waals surface area contributed by atoms with Crippen LogP contribution in [0, 0.1) is 10.1 Å². The van der Waals surface area contributed by atoms with Gasteiger partial charge in [-0.25, -0.2) is 0 Å². The van der Waals surface area contributed by atoms with Gasteiger partial charge in [0, 0.05) is 17.0 Å². The lowest BCUT2D eigenvalue weighted by molar-refractivity contribution is -0.384. The molecule has 0 heterocycles. The van der Waals surface area contributed by atoms with Crippen LogP contribution in [-0.2, 0) is 5.33 Å². The van der Waals surface area contributed by atoms with Crippen LogP contribution in [0.2, 0.25) is 0 Å². The first kappa shape index (κ1) is 14.3. The van der Waals surface area contributed by atoms with Crippen molar-refractivity contribution in [3.05, 3.63) is 58.1 Å². The topological polar surface area (TPSA) is 61.6 Å². The number of methoxy groups -OCH3 is 1. The van der Waals surface area contributed by atoms with E-state index in [1.165, 1.54) is 25.3 Å². The number of alkyl halides is 1. The highest BCUT2D eigenvalue weighted by Crippen LogP contribution is 2.36. The molecule has 0 spiro atoms. The van der Waals surface area contributed by atoms with E-state index in [2.05, 4.69) is 15.9 Å². The molecule has 0 aliphatic heterocycles. The number of non-ortho nitro benzene ring substituents is 1. The minimum Gasteiger partial charge on any atom is -0.493 e. The molecule has 0 saturated carbocycles. The first-order valence-corrected chi connectivity index (χ1v) is 6.92. The fourth-order valence-corrected chi connectivity index (χ4v) is 2.15. The third-order valence-electron chi connectivity index (χ3n) is 2.69. The summed E-state index contributed by atoms with van der Waals surface area (Å²) in [4.78, 5) is 10.4. The van der Waals surface area contributed by atoms with E-state index in [-0.39, 0.29) is 5.69 Å². The monoisotopic (exact) mass is 337 g/mol. The summed E-state index contributed by atoms with van der Waals surface area (Å²) < 4.78 is 10.9. The molecule has 20 heavy (non-hydrogen) atoms. The lowest BCUT2D eigenvalue weighted by Gasteiger charge is -2.12. The van der Waals surface area contributed by atoms with E-state index in [1.54, 1.807) is 6.07 Å². The van der Waals surface area contributed by atoms with Crippen LogP contribution in [0.25, 0.3) is 0 Å². The molecule has 6 heteroatoms. The van der Waals surface area contributed by atoms with E-state index in [1.807, 2.05) is 18.2 Å². The second kappa shape index (κ2) is 6.38. The van der Waals surface area contributed by atoms with Gasteiger partial charge in [0.25, 0.3) is 5.69 Å². The van der Waals surface area contributed by atoms with Crippen LogP contribution in [0.5, 0.6) is 17.2 Å². The van der Waals surface area contributed by atoms with E-state index >= 15 is 0 Å². The van der Waals surface area contributed by atoms with Crippen LogP contribution in [-0.4, -0.2) is 12.0 Å². The molecule has 0 N–H and O–H groups in total. The number of hydrogen-bond acceptors (Lipinski definition) is 4. The Balaban J connectivity index is 2.41. The molecule has 2 aromatic carbocycles. The Bertz CT molecular complexity index is 630. The number of halogens is 1. The van der Waals surface area contributed by atoms with Crippen LogP contribution in [0.4, 0.5) is 5.69 Å². The van der Waals surface area contributed by atoms with E-state index in [4.69, 9.17) is 9.47 Å². The number of nitro benzene ring substituents is 1. The van der Waals surface area contributed by atoms with E-state index in [0.29, 0.717) is 22.6 Å². The van der Waals surface area contributed by atoms with Gasteiger partial charge in [-0.2, -0.15) is 0 Å². The first-order chi connectivity index (χ1) is 9.65. The van der Waals surface area contributed by atoms with Crippen molar-refractivity contribution in [2.75, 3.05) is 7.11 Å². The smallest absolute Gasteiger partial charge is 0.273 e. The number of ether oxygens (including phenoxy) is 2. The Morgan fingerprint density at radius 3 is 2.55 bits per heavy atom. The van der Waals surface area contributed by atoms with Crippen molar-refractivity contribution in [1.29, 1.82) is 0 Å². The number of para-hydroxylation sites is 1. The zero-order valence-corrected chi connectivity index (χ0v) is 12.3. The molecule has 0 atom stereocenters. The zero-order chi connectivity index (χ0) is 14.5. The average molecular weight is 338 g/mol. The van der Waals surface area contributed by atoms with Gasteiger partial charge in [-0.1, -0.05) is 34.1 Å². The highest BCUT2D eigenvalue weighted by atomic mass is 79.9. The second-order valence-electron chi connectivity index (χ2n) is 3.94. The van der Waals surface area contributed by atoms with Crippen molar-refractivity contribution in [3.8, 4) is 17.2 Å². The molecule has 104 valence electrons. The Morgan fingerprint density at radius 1 is 1.15 bits per heavy atom. The van der Waals surface area contributed by atoms with E-state index < -0.39 is 4.92 Å². The number of nitrogens with zero attached hydrogens (tertiary/aromatic N) is 1. The highest BCUT2D eigenvalue weighted by molar-refractivity contribution is 9.08. The third kappa shape index (κ3) is 3.08. The van der Waals surface area contributed by atoms with Crippen LogP contribution < -0.4 is 9.47 Å². The molecule has 0 amide bonds. The first-order valence-electron chi connectivity index (χ1n) is 5.80. The third-order valence-corrected chi connectivity index (χ3v) is 3.30. The highest BCUT2D eigenvalue weighted by Gasteiger charge is 2.14. The molecule has 2 aromatic rings. The van der Waals surface area contributed by atoms with Gasteiger partial charge >= 0.3 is 0 Å². The fraction of sp³-hybridized carbons (Fsp3) is 0.143. The van der Waals surface area contributed by atoms with Crippen molar-refractivity contribution >= 4 is 21.6 Å². The summed E-state index contributed by atoms with van der Waals surface area (Å²) in [5, 5.41) is 11.5. The summed E-state index contributed by atoms with van der Waals surface area (Å²) >= 11 is 3.38. The maximum Gasteiger partial charge on any atom is 0.273 e. The number of nitro groups is 1. The molecule has 0 aromatic heterocycles. The quantitative estimate of drug-likeness (QED) is 0.463. The molecule has 0 unspecified atom stereocenters. The van der Waals surface area contributed by atoms with Gasteiger partial charge in [0.15, 0.2) is 11.5 Å². The normalized spacial score (nSPS) is 10.1. The molecular weight excluding hydrogens is 326 g/mol. The lowest BCUT2D eigenvalue weighted by Crippen LogP contribution is -1.95. The number of rotatable bonds is 5. The SMILES string of the molecule is COc1ccc([N+](=O)[O-])cc1Oc1ccccc1CBr. The average Bonchev–Trinajstić information content (AvgIpc) is 2.47. The van der Waals surface area contributed by atoms with Gasteiger partial charge in [-0.3, -0.25) is 10.1 Å². The molecule has 0 radical (unpaired) electrons. The summed E-state index contributed by atoms with van der Waals surface area (Å²) in [6.07, 6.45) is 0. The predicted octanol–water partition coefficient (Wildman–Crippen LogP) is 4.29. The van der Waals surface area contributed by atoms with Crippen molar-refractivity contribution in [1.82, 2.24) is 0 Å². The van der Waals surface area contributed by atoms with Crippen LogP contribution in [0.15, 0.2) is 42.5 Å². The summed E-state index contributed by atoms with van der Waals surface area (Å²) in [6, 6.07) is 11.7. The van der Waals surface area contributed by atoms with Crippen molar-refractivity contribution in [3.63, 3.8) is 0 Å². The predicted molar refractivity (Wildman–Crippen MR) is 78.8 cm³/mol. The van der Waals surface area contributed by atoms with Gasteiger partial charge < -0.3 is 9.47 Å². The van der Waals surface area contributed by atoms with Crippen molar-refractivity contribution in [2.24, 2.45) is 0 Å². The van der Waals surface area contributed by atoms with Gasteiger partial charge in [0.2, 0.25) is 0 Å². The van der Waals surface area contributed by atoms with Crippen molar-refractivity contribution in [2.45, 2.75) is 5.33 Å². The van der Waals surface area contributed by atoms with Gasteiger partial charge in [0.05, 0.1) is 18.1 Å². The fourth-order valence-electron chi connectivity index (χ4n) is 1.69. The Hall–Kier alpha value is -2.08. The van der Waals surface area contributed by atoms with E-state index in [0.717, 1.165) is 5.56 Å². The summed E-state index contributed by atoms with van der Waals surface area (Å²) in [5.41, 5.74) is 0.901. The summed E-state index contributed by atoms with van der Waals surface area (Å²) in [7, 11) is 1.49.